The standard InChI is InChI=1S/C16H17N3O5/c1-10-4-5-11(19(21)22)8-13(10)17-16(20)18-14-9-12(23-2)6-7-15(14)24-3/h4-9H,1-3H3,(H2,17,18,20). The van der Waals surface area contributed by atoms with Crippen LogP contribution in [0.1, 0.15) is 5.56 Å². The number of benzene rings is 2. The first-order valence-corrected chi connectivity index (χ1v) is 6.99. The van der Waals surface area contributed by atoms with Crippen molar-refractivity contribution in [2.75, 3.05) is 24.9 Å². The minimum atomic E-state index is -0.551. The number of rotatable bonds is 5. The minimum absolute atomic E-state index is 0.102. The molecule has 0 unspecified atom stereocenters. The fraction of sp³-hybridized carbons (Fsp3) is 0.188. The second-order valence-corrected chi connectivity index (χ2v) is 4.90. The number of nitrogens with zero attached hydrogens (tertiary/aromatic N) is 1. The summed E-state index contributed by atoms with van der Waals surface area (Å²) in [5, 5.41) is 16.1. The number of nitro groups is 1. The third kappa shape index (κ3) is 3.92. The third-order valence-electron chi connectivity index (χ3n) is 3.34. The van der Waals surface area contributed by atoms with E-state index < -0.39 is 11.0 Å². The molecule has 2 aromatic rings. The molecular weight excluding hydrogens is 314 g/mol. The smallest absolute Gasteiger partial charge is 0.323 e. The molecular formula is C16H17N3O5. The molecule has 24 heavy (non-hydrogen) atoms. The first-order chi connectivity index (χ1) is 11.4. The lowest BCUT2D eigenvalue weighted by Crippen LogP contribution is -2.20. The summed E-state index contributed by atoms with van der Waals surface area (Å²) in [4.78, 5) is 22.5. The normalized spacial score (nSPS) is 9.96. The van der Waals surface area contributed by atoms with Gasteiger partial charge < -0.3 is 20.1 Å². The van der Waals surface area contributed by atoms with Gasteiger partial charge in [-0.05, 0) is 24.6 Å². The van der Waals surface area contributed by atoms with Crippen LogP contribution >= 0.6 is 0 Å². The van der Waals surface area contributed by atoms with E-state index in [1.54, 1.807) is 31.2 Å². The van der Waals surface area contributed by atoms with Gasteiger partial charge in [-0.1, -0.05) is 6.07 Å². The van der Waals surface area contributed by atoms with Gasteiger partial charge in [0.05, 0.1) is 30.5 Å². The van der Waals surface area contributed by atoms with Gasteiger partial charge in [-0.2, -0.15) is 0 Å². The van der Waals surface area contributed by atoms with Gasteiger partial charge >= 0.3 is 6.03 Å². The van der Waals surface area contributed by atoms with Gasteiger partial charge in [0.25, 0.3) is 5.69 Å². The number of nitrogens with one attached hydrogen (secondary N) is 2. The van der Waals surface area contributed by atoms with Crippen LogP contribution in [0.4, 0.5) is 21.9 Å². The zero-order chi connectivity index (χ0) is 17.7. The highest BCUT2D eigenvalue weighted by Crippen LogP contribution is 2.29. The highest BCUT2D eigenvalue weighted by Gasteiger charge is 2.13. The molecule has 2 rings (SSSR count). The van der Waals surface area contributed by atoms with Crippen molar-refractivity contribution in [3.8, 4) is 11.5 Å². The van der Waals surface area contributed by atoms with E-state index in [-0.39, 0.29) is 5.69 Å². The number of non-ortho nitro benzene ring substituents is 1. The van der Waals surface area contributed by atoms with E-state index >= 15 is 0 Å². The van der Waals surface area contributed by atoms with Crippen molar-refractivity contribution in [3.63, 3.8) is 0 Å². The highest BCUT2D eigenvalue weighted by atomic mass is 16.6. The fourth-order valence-electron chi connectivity index (χ4n) is 2.05. The summed E-state index contributed by atoms with van der Waals surface area (Å²) in [6.45, 7) is 1.74. The predicted octanol–water partition coefficient (Wildman–Crippen LogP) is 3.56. The van der Waals surface area contributed by atoms with Crippen molar-refractivity contribution in [2.45, 2.75) is 6.92 Å². The molecule has 0 saturated heterocycles. The minimum Gasteiger partial charge on any atom is -0.497 e. The third-order valence-corrected chi connectivity index (χ3v) is 3.34. The van der Waals surface area contributed by atoms with Crippen molar-refractivity contribution >= 4 is 23.1 Å². The summed E-state index contributed by atoms with van der Waals surface area (Å²) in [5.41, 5.74) is 1.37. The van der Waals surface area contributed by atoms with Gasteiger partial charge in [-0.25, -0.2) is 4.79 Å². The monoisotopic (exact) mass is 331 g/mol. The lowest BCUT2D eigenvalue weighted by molar-refractivity contribution is -0.384. The Morgan fingerprint density at radius 2 is 1.75 bits per heavy atom. The van der Waals surface area contributed by atoms with E-state index in [0.29, 0.717) is 28.4 Å². The van der Waals surface area contributed by atoms with Crippen LogP contribution in [0.5, 0.6) is 11.5 Å². The number of amides is 2. The van der Waals surface area contributed by atoms with Gasteiger partial charge in [0.1, 0.15) is 11.5 Å². The van der Waals surface area contributed by atoms with Crippen molar-refractivity contribution in [2.24, 2.45) is 0 Å². The van der Waals surface area contributed by atoms with Crippen LogP contribution in [0.3, 0.4) is 0 Å². The van der Waals surface area contributed by atoms with Gasteiger partial charge in [0.15, 0.2) is 0 Å². The molecule has 2 aromatic carbocycles. The second-order valence-electron chi connectivity index (χ2n) is 4.90. The molecule has 0 aromatic heterocycles. The number of carbonyl (C=O) groups is 1. The Bertz CT molecular complexity index is 776. The Morgan fingerprint density at radius 3 is 2.38 bits per heavy atom. The number of nitro benzene ring substituents is 1. The number of carbonyl (C=O) groups excluding carboxylic acids is 1. The number of aryl methyl sites for hydroxylation is 1. The summed E-state index contributed by atoms with van der Waals surface area (Å²) in [6, 6.07) is 8.67. The number of hydrogen-bond acceptors (Lipinski definition) is 5. The highest BCUT2D eigenvalue weighted by molar-refractivity contribution is 6.01. The van der Waals surface area contributed by atoms with E-state index in [2.05, 4.69) is 10.6 Å². The lowest BCUT2D eigenvalue weighted by atomic mass is 10.2. The molecule has 0 atom stereocenters. The Hall–Kier alpha value is -3.29. The average molecular weight is 331 g/mol. The summed E-state index contributed by atoms with van der Waals surface area (Å²) < 4.78 is 10.3. The van der Waals surface area contributed by atoms with E-state index in [1.165, 1.54) is 26.4 Å². The Morgan fingerprint density at radius 1 is 1.04 bits per heavy atom. The molecule has 126 valence electrons. The van der Waals surface area contributed by atoms with Crippen LogP contribution in [-0.4, -0.2) is 25.2 Å². The van der Waals surface area contributed by atoms with E-state index in [4.69, 9.17) is 9.47 Å². The van der Waals surface area contributed by atoms with Gasteiger partial charge in [-0.3, -0.25) is 10.1 Å². The second kappa shape index (κ2) is 7.32. The summed E-state index contributed by atoms with van der Waals surface area (Å²) in [7, 11) is 2.99. The lowest BCUT2D eigenvalue weighted by Gasteiger charge is -2.13. The maximum atomic E-state index is 12.2. The molecule has 8 heteroatoms. The molecule has 0 radical (unpaired) electrons. The van der Waals surface area contributed by atoms with Crippen LogP contribution in [0.25, 0.3) is 0 Å². The van der Waals surface area contributed by atoms with Crippen molar-refractivity contribution < 1.29 is 19.2 Å². The summed E-state index contributed by atoms with van der Waals surface area (Å²) in [5.74, 6) is 1.01. The van der Waals surface area contributed by atoms with Crippen LogP contribution in [0, 0.1) is 17.0 Å². The molecule has 0 aliphatic heterocycles. The van der Waals surface area contributed by atoms with E-state index in [1.807, 2.05) is 0 Å². The first-order valence-electron chi connectivity index (χ1n) is 6.99. The van der Waals surface area contributed by atoms with Crippen molar-refractivity contribution in [1.82, 2.24) is 0 Å². The zero-order valence-electron chi connectivity index (χ0n) is 13.5. The number of ether oxygens (including phenoxy) is 2. The number of hydrogen-bond donors (Lipinski definition) is 2. The van der Waals surface area contributed by atoms with Crippen LogP contribution in [0.15, 0.2) is 36.4 Å². The molecule has 0 bridgehead atoms. The zero-order valence-corrected chi connectivity index (χ0v) is 13.5. The topological polar surface area (TPSA) is 103 Å². The molecule has 0 fully saturated rings. The number of anilines is 2. The maximum Gasteiger partial charge on any atom is 0.323 e. The van der Waals surface area contributed by atoms with Crippen LogP contribution < -0.4 is 20.1 Å². The molecule has 0 aliphatic carbocycles. The largest absolute Gasteiger partial charge is 0.497 e. The number of urea groups is 1. The van der Waals surface area contributed by atoms with Crippen molar-refractivity contribution in [1.29, 1.82) is 0 Å². The van der Waals surface area contributed by atoms with E-state index in [0.717, 1.165) is 0 Å². The average Bonchev–Trinajstić information content (AvgIpc) is 2.56. The van der Waals surface area contributed by atoms with Crippen LogP contribution in [0.2, 0.25) is 0 Å². The fourth-order valence-corrected chi connectivity index (χ4v) is 2.05. The summed E-state index contributed by atoms with van der Waals surface area (Å²) >= 11 is 0. The summed E-state index contributed by atoms with van der Waals surface area (Å²) in [6.07, 6.45) is 0. The van der Waals surface area contributed by atoms with E-state index in [9.17, 15) is 14.9 Å². The first kappa shape index (κ1) is 17.1. The van der Waals surface area contributed by atoms with Gasteiger partial charge in [0.2, 0.25) is 0 Å². The Kier molecular flexibility index (Phi) is 5.20. The molecule has 0 heterocycles. The Balaban J connectivity index is 2.20. The maximum absolute atomic E-state index is 12.2. The molecule has 2 N–H and O–H groups in total. The molecule has 0 spiro atoms. The van der Waals surface area contributed by atoms with Crippen molar-refractivity contribution in [3.05, 3.63) is 52.1 Å². The van der Waals surface area contributed by atoms with Gasteiger partial charge in [0, 0.05) is 18.2 Å². The van der Waals surface area contributed by atoms with Gasteiger partial charge in [-0.15, -0.1) is 0 Å². The molecule has 8 nitrogen and oxygen atoms in total. The molecule has 2 amide bonds. The SMILES string of the molecule is COc1ccc(OC)c(NC(=O)Nc2cc([N+](=O)[O-])ccc2C)c1. The van der Waals surface area contributed by atoms with Crippen LogP contribution in [-0.2, 0) is 0 Å². The molecule has 0 aliphatic rings. The predicted molar refractivity (Wildman–Crippen MR) is 90.0 cm³/mol. The number of methoxy groups -OCH3 is 2. The Labute approximate surface area is 138 Å². The quantitative estimate of drug-likeness (QED) is 0.644. The molecule has 0 saturated carbocycles.